The number of rotatable bonds is 9. The quantitative estimate of drug-likeness (QED) is 0.430. The van der Waals surface area contributed by atoms with Crippen LogP contribution in [0.2, 0.25) is 0 Å². The van der Waals surface area contributed by atoms with Gasteiger partial charge in [0.05, 0.1) is 12.5 Å². The third-order valence-electron chi connectivity index (χ3n) is 5.12. The summed E-state index contributed by atoms with van der Waals surface area (Å²) in [5.41, 5.74) is -0.249. The molecule has 5 heteroatoms. The number of hydrogen-bond acceptors (Lipinski definition) is 5. The molecular formula is C21H32O5. The normalized spacial score (nSPS) is 24.8. The van der Waals surface area contributed by atoms with Crippen LogP contribution in [-0.2, 0) is 9.59 Å². The Morgan fingerprint density at radius 3 is 2.38 bits per heavy atom. The fraction of sp³-hybridized carbons (Fsp3) is 0.619. The molecule has 0 aliphatic heterocycles. The lowest BCUT2D eigenvalue weighted by atomic mass is 9.82. The van der Waals surface area contributed by atoms with Crippen LogP contribution in [0.25, 0.3) is 0 Å². The average molecular weight is 364 g/mol. The molecule has 0 fully saturated rings. The Balaban J connectivity index is 3.27. The van der Waals surface area contributed by atoms with Crippen LogP contribution >= 0.6 is 0 Å². The topological polar surface area (TPSA) is 94.8 Å². The largest absolute Gasteiger partial charge is 0.508 e. The van der Waals surface area contributed by atoms with Gasteiger partial charge < -0.3 is 15.3 Å². The van der Waals surface area contributed by atoms with Gasteiger partial charge in [-0.1, -0.05) is 37.1 Å². The molecule has 26 heavy (non-hydrogen) atoms. The van der Waals surface area contributed by atoms with Crippen molar-refractivity contribution in [1.29, 1.82) is 0 Å². The van der Waals surface area contributed by atoms with E-state index >= 15 is 0 Å². The van der Waals surface area contributed by atoms with Crippen LogP contribution in [0.4, 0.5) is 0 Å². The van der Waals surface area contributed by atoms with E-state index in [1.54, 1.807) is 19.9 Å². The van der Waals surface area contributed by atoms with Gasteiger partial charge in [0.25, 0.3) is 0 Å². The molecule has 1 unspecified atom stereocenters. The number of hydrogen-bond donors (Lipinski definition) is 3. The van der Waals surface area contributed by atoms with E-state index in [-0.39, 0.29) is 30.9 Å². The van der Waals surface area contributed by atoms with Gasteiger partial charge in [-0.15, -0.1) is 0 Å². The Morgan fingerprint density at radius 2 is 1.88 bits per heavy atom. The zero-order valence-corrected chi connectivity index (χ0v) is 16.5. The molecule has 0 saturated heterocycles. The highest BCUT2D eigenvalue weighted by atomic mass is 16.3. The van der Waals surface area contributed by atoms with E-state index in [1.165, 1.54) is 0 Å². The Hall–Kier alpha value is -1.72. The summed E-state index contributed by atoms with van der Waals surface area (Å²) in [5.74, 6) is -2.64. The Bertz CT molecular complexity index is 637. The van der Waals surface area contributed by atoms with Crippen LogP contribution in [0.3, 0.4) is 0 Å². The highest BCUT2D eigenvalue weighted by Gasteiger charge is 2.54. The van der Waals surface area contributed by atoms with E-state index < -0.39 is 28.8 Å². The van der Waals surface area contributed by atoms with Gasteiger partial charge in [-0.2, -0.15) is 0 Å². The van der Waals surface area contributed by atoms with Crippen molar-refractivity contribution in [1.82, 2.24) is 0 Å². The Kier molecular flexibility index (Phi) is 7.97. The van der Waals surface area contributed by atoms with E-state index in [4.69, 9.17) is 5.11 Å². The molecule has 0 spiro atoms. The summed E-state index contributed by atoms with van der Waals surface area (Å²) < 4.78 is 0. The Morgan fingerprint density at radius 1 is 1.27 bits per heavy atom. The van der Waals surface area contributed by atoms with E-state index in [2.05, 4.69) is 0 Å². The number of ketones is 2. The summed E-state index contributed by atoms with van der Waals surface area (Å²) in [6, 6.07) is 0. The molecule has 0 radical (unpaired) electrons. The van der Waals surface area contributed by atoms with Gasteiger partial charge in [0, 0.05) is 5.92 Å². The first-order valence-corrected chi connectivity index (χ1v) is 9.24. The zero-order valence-electron chi connectivity index (χ0n) is 16.5. The monoisotopic (exact) mass is 364 g/mol. The first-order valence-electron chi connectivity index (χ1n) is 9.24. The van der Waals surface area contributed by atoms with Gasteiger partial charge in [-0.25, -0.2) is 0 Å². The van der Waals surface area contributed by atoms with E-state index in [0.29, 0.717) is 12.8 Å². The molecular weight excluding hydrogens is 332 g/mol. The summed E-state index contributed by atoms with van der Waals surface area (Å²) in [7, 11) is 0. The first kappa shape index (κ1) is 22.3. The minimum absolute atomic E-state index is 0.0852. The maximum atomic E-state index is 12.9. The Labute approximate surface area is 156 Å². The van der Waals surface area contributed by atoms with E-state index in [0.717, 1.165) is 11.1 Å². The predicted molar refractivity (Wildman–Crippen MR) is 102 cm³/mol. The minimum atomic E-state index is -1.76. The number of allylic oxidation sites excluding steroid dienone is 4. The van der Waals surface area contributed by atoms with Crippen molar-refractivity contribution in [3.63, 3.8) is 0 Å². The van der Waals surface area contributed by atoms with Gasteiger partial charge in [0.2, 0.25) is 0 Å². The van der Waals surface area contributed by atoms with Gasteiger partial charge >= 0.3 is 0 Å². The standard InChI is InChI=1S/C21H32O5/c1-6-15(5)18(23)17-19(24)16(10-9-13(2)3)21(26,20(17)25)11-7-8-14(4)12-22/h8-9,15-16,22,25-26H,6-7,10-12H2,1-5H3/t15?,16-,21+/m0/s1. The van der Waals surface area contributed by atoms with Crippen LogP contribution in [0.15, 0.2) is 34.6 Å². The van der Waals surface area contributed by atoms with Gasteiger partial charge in [-0.3, -0.25) is 9.59 Å². The number of carbonyl (C=O) groups is 2. The minimum Gasteiger partial charge on any atom is -0.508 e. The van der Waals surface area contributed by atoms with Crippen LogP contribution in [-0.4, -0.2) is 39.1 Å². The average Bonchev–Trinajstić information content (AvgIpc) is 2.77. The predicted octanol–water partition coefficient (Wildman–Crippen LogP) is 3.42. The molecule has 3 atom stereocenters. The zero-order chi connectivity index (χ0) is 20.1. The molecule has 0 aromatic heterocycles. The third kappa shape index (κ3) is 4.71. The second-order valence-corrected chi connectivity index (χ2v) is 7.50. The van der Waals surface area contributed by atoms with Gasteiger partial charge in [0.15, 0.2) is 11.6 Å². The molecule has 0 aromatic carbocycles. The molecule has 0 aromatic rings. The summed E-state index contributed by atoms with van der Waals surface area (Å²) in [6.45, 7) is 9.02. The third-order valence-corrected chi connectivity index (χ3v) is 5.12. The lowest BCUT2D eigenvalue weighted by Crippen LogP contribution is -2.38. The van der Waals surface area contributed by atoms with Crippen molar-refractivity contribution in [3.05, 3.63) is 34.6 Å². The van der Waals surface area contributed by atoms with Crippen molar-refractivity contribution in [3.8, 4) is 0 Å². The summed E-state index contributed by atoms with van der Waals surface area (Å²) in [6.07, 6.45) is 4.92. The molecule has 0 bridgehead atoms. The van der Waals surface area contributed by atoms with E-state index in [1.807, 2.05) is 26.8 Å². The number of carbonyl (C=O) groups excluding carboxylic acids is 2. The lowest BCUT2D eigenvalue weighted by Gasteiger charge is -2.28. The molecule has 1 rings (SSSR count). The first-order chi connectivity index (χ1) is 12.1. The van der Waals surface area contributed by atoms with Crippen LogP contribution < -0.4 is 0 Å². The molecule has 0 heterocycles. The van der Waals surface area contributed by atoms with Crippen molar-refractivity contribution in [2.75, 3.05) is 6.61 Å². The molecule has 3 N–H and O–H groups in total. The highest BCUT2D eigenvalue weighted by Crippen LogP contribution is 2.43. The number of aliphatic hydroxyl groups excluding tert-OH is 2. The molecule has 146 valence electrons. The lowest BCUT2D eigenvalue weighted by molar-refractivity contribution is -0.127. The fourth-order valence-electron chi connectivity index (χ4n) is 3.11. The summed E-state index contributed by atoms with van der Waals surface area (Å²) in [4.78, 5) is 25.5. The SMILES string of the molecule is CCC(C)C(=O)C1=C(O)[C@@](O)(CCC=C(C)CO)[C@@H](CC=C(C)C)C1=O. The molecule has 1 aliphatic carbocycles. The van der Waals surface area contributed by atoms with Crippen molar-refractivity contribution in [2.45, 2.75) is 65.9 Å². The molecule has 5 nitrogen and oxygen atoms in total. The molecule has 0 saturated carbocycles. The maximum Gasteiger partial charge on any atom is 0.176 e. The van der Waals surface area contributed by atoms with E-state index in [9.17, 15) is 19.8 Å². The van der Waals surface area contributed by atoms with Crippen molar-refractivity contribution in [2.24, 2.45) is 11.8 Å². The molecule has 0 amide bonds. The summed E-state index contributed by atoms with van der Waals surface area (Å²) >= 11 is 0. The van der Waals surface area contributed by atoms with Crippen LogP contribution in [0.5, 0.6) is 0 Å². The van der Waals surface area contributed by atoms with Crippen LogP contribution in [0, 0.1) is 11.8 Å². The smallest absolute Gasteiger partial charge is 0.176 e. The second-order valence-electron chi connectivity index (χ2n) is 7.50. The van der Waals surface area contributed by atoms with Crippen molar-refractivity contribution < 1.29 is 24.9 Å². The fourth-order valence-corrected chi connectivity index (χ4v) is 3.11. The van der Waals surface area contributed by atoms with Crippen molar-refractivity contribution >= 4 is 11.6 Å². The number of aliphatic hydroxyl groups is 3. The maximum absolute atomic E-state index is 12.9. The second kappa shape index (κ2) is 9.28. The van der Waals surface area contributed by atoms with Gasteiger partial charge in [-0.05, 0) is 46.5 Å². The van der Waals surface area contributed by atoms with Gasteiger partial charge in [0.1, 0.15) is 16.9 Å². The van der Waals surface area contributed by atoms with Crippen LogP contribution in [0.1, 0.15) is 60.3 Å². The highest BCUT2D eigenvalue weighted by molar-refractivity contribution is 6.24. The number of Topliss-reactive ketones (excluding diaryl/α,β-unsaturated/α-hetero) is 2. The summed E-state index contributed by atoms with van der Waals surface area (Å²) in [5, 5.41) is 30.9. The molecule has 1 aliphatic rings.